The number of rotatable bonds is 5. The number of sulfonamides is 1. The van der Waals surface area contributed by atoms with Gasteiger partial charge in [-0.25, -0.2) is 13.1 Å². The fourth-order valence-corrected chi connectivity index (χ4v) is 2.58. The minimum absolute atomic E-state index is 0.0533. The second-order valence-corrected chi connectivity index (χ2v) is 5.83. The summed E-state index contributed by atoms with van der Waals surface area (Å²) in [5, 5.41) is 13.1. The molecule has 0 spiro atoms. The van der Waals surface area contributed by atoms with E-state index >= 15 is 0 Å². The fourth-order valence-electron chi connectivity index (χ4n) is 1.52. The Kier molecular flexibility index (Phi) is 3.98. The summed E-state index contributed by atoms with van der Waals surface area (Å²) < 4.78 is 31.1. The lowest BCUT2D eigenvalue weighted by Crippen LogP contribution is -2.23. The Hall–Kier alpha value is -1.70. The largest absolute Gasteiger partial charge is 0.389 e. The third kappa shape index (κ3) is 3.40. The first-order valence-corrected chi connectivity index (χ1v) is 7.14. The maximum Gasteiger partial charge on any atom is 0.240 e. The van der Waals surface area contributed by atoms with E-state index in [0.717, 1.165) is 0 Å². The van der Waals surface area contributed by atoms with E-state index in [2.05, 4.69) is 14.4 Å². The molecule has 1 unspecified atom stereocenters. The van der Waals surface area contributed by atoms with Gasteiger partial charge in [-0.05, 0) is 24.6 Å². The van der Waals surface area contributed by atoms with Crippen molar-refractivity contribution in [2.24, 2.45) is 0 Å². The summed E-state index contributed by atoms with van der Waals surface area (Å²) in [4.78, 5) is 0.106. The zero-order chi connectivity index (χ0) is 13.9. The molecule has 1 heterocycles. The molecule has 2 N–H and O–H groups in total. The van der Waals surface area contributed by atoms with Crippen LogP contribution in [0.4, 0.5) is 0 Å². The van der Waals surface area contributed by atoms with Gasteiger partial charge in [0.25, 0.3) is 0 Å². The average molecular weight is 282 g/mol. The van der Waals surface area contributed by atoms with E-state index in [1.54, 1.807) is 25.1 Å². The van der Waals surface area contributed by atoms with Gasteiger partial charge in [0.15, 0.2) is 0 Å². The lowest BCUT2D eigenvalue weighted by Gasteiger charge is -2.08. The average Bonchev–Trinajstić information content (AvgIpc) is 2.90. The lowest BCUT2D eigenvalue weighted by molar-refractivity contribution is 0.199. The number of aliphatic hydroxyl groups excluding tert-OH is 1. The van der Waals surface area contributed by atoms with Crippen LogP contribution in [-0.2, 0) is 16.6 Å². The topological polar surface area (TPSA) is 92.4 Å². The molecule has 0 aliphatic carbocycles. The Balaban J connectivity index is 2.17. The number of hydrogen-bond donors (Lipinski definition) is 2. The smallest absolute Gasteiger partial charge is 0.240 e. The zero-order valence-electron chi connectivity index (χ0n) is 10.3. The van der Waals surface area contributed by atoms with Crippen LogP contribution in [0.25, 0.3) is 0 Å². The van der Waals surface area contributed by atoms with Crippen LogP contribution in [0.1, 0.15) is 24.3 Å². The van der Waals surface area contributed by atoms with Gasteiger partial charge in [0.1, 0.15) is 6.26 Å². The second-order valence-electron chi connectivity index (χ2n) is 4.06. The summed E-state index contributed by atoms with van der Waals surface area (Å²) in [5.41, 5.74) is 1.04. The molecule has 2 aromatic rings. The van der Waals surface area contributed by atoms with Crippen molar-refractivity contribution in [3.8, 4) is 0 Å². The zero-order valence-corrected chi connectivity index (χ0v) is 11.1. The Morgan fingerprint density at radius 3 is 2.84 bits per heavy atom. The molecule has 1 atom stereocenters. The maximum atomic E-state index is 12.1. The van der Waals surface area contributed by atoms with Crippen LogP contribution in [0.5, 0.6) is 0 Å². The molecule has 102 valence electrons. The molecule has 0 saturated heterocycles. The lowest BCUT2D eigenvalue weighted by atomic mass is 10.1. The van der Waals surface area contributed by atoms with E-state index in [9.17, 15) is 13.5 Å². The van der Waals surface area contributed by atoms with E-state index in [-0.39, 0.29) is 11.4 Å². The molecule has 1 aromatic heterocycles. The monoisotopic (exact) mass is 282 g/mol. The van der Waals surface area contributed by atoms with Crippen LogP contribution >= 0.6 is 0 Å². The number of hydrogen-bond acceptors (Lipinski definition) is 5. The first-order valence-electron chi connectivity index (χ1n) is 5.66. The highest BCUT2D eigenvalue weighted by Crippen LogP contribution is 2.17. The van der Waals surface area contributed by atoms with Crippen molar-refractivity contribution in [3.05, 3.63) is 47.9 Å². The van der Waals surface area contributed by atoms with Crippen molar-refractivity contribution in [3.63, 3.8) is 0 Å². The van der Waals surface area contributed by atoms with Gasteiger partial charge in [-0.1, -0.05) is 17.3 Å². The number of aromatic nitrogens is 1. The normalized spacial score (nSPS) is 13.4. The second kappa shape index (κ2) is 5.52. The van der Waals surface area contributed by atoms with Crippen LogP contribution in [0.2, 0.25) is 0 Å². The number of aliphatic hydroxyl groups is 1. The van der Waals surface area contributed by atoms with E-state index < -0.39 is 16.1 Å². The number of benzene rings is 1. The van der Waals surface area contributed by atoms with E-state index in [0.29, 0.717) is 11.3 Å². The standard InChI is InChI=1S/C12H14N2O4S/c1-9(15)10-3-2-4-12(7-10)19(16,17)13-8-11-5-6-18-14-11/h2-7,9,13,15H,8H2,1H3. The summed E-state index contributed by atoms with van der Waals surface area (Å²) >= 11 is 0. The molecule has 1 aromatic carbocycles. The van der Waals surface area contributed by atoms with Gasteiger partial charge < -0.3 is 9.63 Å². The molecule has 0 bridgehead atoms. The van der Waals surface area contributed by atoms with Gasteiger partial charge in [0, 0.05) is 6.07 Å². The van der Waals surface area contributed by atoms with Crippen molar-refractivity contribution >= 4 is 10.0 Å². The van der Waals surface area contributed by atoms with Crippen LogP contribution < -0.4 is 4.72 Å². The Bertz CT molecular complexity index is 636. The van der Waals surface area contributed by atoms with Crippen LogP contribution in [-0.4, -0.2) is 18.7 Å². The van der Waals surface area contributed by atoms with Crippen LogP contribution in [0.3, 0.4) is 0 Å². The molecule has 0 fully saturated rings. The maximum absolute atomic E-state index is 12.1. The third-order valence-electron chi connectivity index (χ3n) is 2.59. The Labute approximate surface area is 111 Å². The highest BCUT2D eigenvalue weighted by atomic mass is 32.2. The molecule has 0 amide bonds. The van der Waals surface area contributed by atoms with Gasteiger partial charge in [-0.3, -0.25) is 0 Å². The molecule has 19 heavy (non-hydrogen) atoms. The predicted molar refractivity (Wildman–Crippen MR) is 67.6 cm³/mol. The molecule has 0 radical (unpaired) electrons. The van der Waals surface area contributed by atoms with Gasteiger partial charge in [0.2, 0.25) is 10.0 Å². The summed E-state index contributed by atoms with van der Waals surface area (Å²) in [6.07, 6.45) is 0.656. The molecular weight excluding hydrogens is 268 g/mol. The summed E-state index contributed by atoms with van der Waals surface area (Å²) in [7, 11) is -3.64. The van der Waals surface area contributed by atoms with Crippen molar-refractivity contribution < 1.29 is 18.0 Å². The highest BCUT2D eigenvalue weighted by molar-refractivity contribution is 7.89. The summed E-state index contributed by atoms with van der Waals surface area (Å²) in [6.45, 7) is 1.63. The minimum Gasteiger partial charge on any atom is -0.389 e. The van der Waals surface area contributed by atoms with Gasteiger partial charge in [0.05, 0.1) is 23.2 Å². The van der Waals surface area contributed by atoms with E-state index in [4.69, 9.17) is 0 Å². The SMILES string of the molecule is CC(O)c1cccc(S(=O)(=O)NCc2ccon2)c1. The molecule has 0 aliphatic heterocycles. The Morgan fingerprint density at radius 2 is 2.21 bits per heavy atom. The summed E-state index contributed by atoms with van der Waals surface area (Å²) in [5.74, 6) is 0. The molecule has 6 nitrogen and oxygen atoms in total. The van der Waals surface area contributed by atoms with Crippen LogP contribution in [0, 0.1) is 0 Å². The van der Waals surface area contributed by atoms with Gasteiger partial charge in [-0.15, -0.1) is 0 Å². The van der Waals surface area contributed by atoms with Crippen molar-refractivity contribution in [1.82, 2.24) is 9.88 Å². The third-order valence-corrected chi connectivity index (χ3v) is 3.98. The van der Waals surface area contributed by atoms with Gasteiger partial charge in [-0.2, -0.15) is 0 Å². The molecule has 0 saturated carbocycles. The molecular formula is C12H14N2O4S. The summed E-state index contributed by atoms with van der Waals surface area (Å²) in [6, 6.07) is 7.75. The fraction of sp³-hybridized carbons (Fsp3) is 0.250. The van der Waals surface area contributed by atoms with Crippen molar-refractivity contribution in [2.45, 2.75) is 24.5 Å². The minimum atomic E-state index is -3.64. The quantitative estimate of drug-likeness (QED) is 0.859. The van der Waals surface area contributed by atoms with E-state index in [1.807, 2.05) is 0 Å². The molecule has 7 heteroatoms. The molecule has 0 aliphatic rings. The first kappa shape index (κ1) is 13.7. The van der Waals surface area contributed by atoms with Crippen molar-refractivity contribution in [1.29, 1.82) is 0 Å². The van der Waals surface area contributed by atoms with Gasteiger partial charge >= 0.3 is 0 Å². The molecule has 2 rings (SSSR count). The number of nitrogens with one attached hydrogen (secondary N) is 1. The number of nitrogens with zero attached hydrogens (tertiary/aromatic N) is 1. The first-order chi connectivity index (χ1) is 8.99. The van der Waals surface area contributed by atoms with Crippen molar-refractivity contribution in [2.75, 3.05) is 0 Å². The Morgan fingerprint density at radius 1 is 1.42 bits per heavy atom. The van der Waals surface area contributed by atoms with E-state index in [1.165, 1.54) is 18.4 Å². The highest BCUT2D eigenvalue weighted by Gasteiger charge is 2.15. The van der Waals surface area contributed by atoms with Crippen LogP contribution in [0.15, 0.2) is 46.0 Å². The predicted octanol–water partition coefficient (Wildman–Crippen LogP) is 1.21.